The zero-order valence-electron chi connectivity index (χ0n) is 15.9. The Balaban J connectivity index is 1.52. The van der Waals surface area contributed by atoms with Crippen LogP contribution in [0.4, 0.5) is 0 Å². The highest BCUT2D eigenvalue weighted by Gasteiger charge is 2.24. The van der Waals surface area contributed by atoms with E-state index in [4.69, 9.17) is 9.47 Å². The Morgan fingerprint density at radius 3 is 2.70 bits per heavy atom. The normalized spacial score (nSPS) is 16.7. The van der Waals surface area contributed by atoms with Gasteiger partial charge in [-0.15, -0.1) is 0 Å². The van der Waals surface area contributed by atoms with Gasteiger partial charge in [0.25, 0.3) is 5.91 Å². The molecule has 3 rings (SSSR count). The van der Waals surface area contributed by atoms with Gasteiger partial charge in [0.05, 0.1) is 13.2 Å². The molecule has 0 bridgehead atoms. The molecule has 6 nitrogen and oxygen atoms in total. The van der Waals surface area contributed by atoms with E-state index in [2.05, 4.69) is 39.0 Å². The summed E-state index contributed by atoms with van der Waals surface area (Å²) in [5.41, 5.74) is 1.26. The van der Waals surface area contributed by atoms with Gasteiger partial charge >= 0.3 is 0 Å². The van der Waals surface area contributed by atoms with Gasteiger partial charge in [0.2, 0.25) is 0 Å². The van der Waals surface area contributed by atoms with Gasteiger partial charge in [0.1, 0.15) is 11.5 Å². The molecule has 1 amide bonds. The van der Waals surface area contributed by atoms with E-state index in [1.165, 1.54) is 5.56 Å². The Kier molecular flexibility index (Phi) is 7.09. The second-order valence-corrected chi connectivity index (χ2v) is 7.46. The summed E-state index contributed by atoms with van der Waals surface area (Å²) < 4.78 is 10.8. The van der Waals surface area contributed by atoms with E-state index in [9.17, 15) is 4.79 Å². The highest BCUT2D eigenvalue weighted by molar-refractivity contribution is 7.07. The van der Waals surface area contributed by atoms with Crippen molar-refractivity contribution < 1.29 is 14.3 Å². The molecule has 1 unspecified atom stereocenters. The van der Waals surface area contributed by atoms with Gasteiger partial charge in [0.15, 0.2) is 6.61 Å². The smallest absolute Gasteiger partial charge is 0.258 e. The van der Waals surface area contributed by atoms with Crippen LogP contribution >= 0.6 is 11.3 Å². The van der Waals surface area contributed by atoms with Crippen molar-refractivity contribution in [2.75, 3.05) is 53.5 Å². The Morgan fingerprint density at radius 1 is 1.22 bits per heavy atom. The molecule has 1 aliphatic heterocycles. The Labute approximate surface area is 164 Å². The van der Waals surface area contributed by atoms with Gasteiger partial charge in [-0.25, -0.2) is 0 Å². The van der Waals surface area contributed by atoms with Crippen LogP contribution < -0.4 is 14.8 Å². The van der Waals surface area contributed by atoms with E-state index in [1.54, 1.807) is 24.5 Å². The molecule has 1 aliphatic rings. The number of hydrogen-bond acceptors (Lipinski definition) is 6. The third kappa shape index (κ3) is 5.69. The zero-order chi connectivity index (χ0) is 19.1. The van der Waals surface area contributed by atoms with Gasteiger partial charge in [-0.3, -0.25) is 9.69 Å². The fourth-order valence-electron chi connectivity index (χ4n) is 3.16. The van der Waals surface area contributed by atoms with Crippen molar-refractivity contribution in [2.24, 2.45) is 0 Å². The highest BCUT2D eigenvalue weighted by atomic mass is 32.1. The number of nitrogens with one attached hydrogen (secondary N) is 1. The molecule has 1 saturated heterocycles. The minimum atomic E-state index is -0.118. The number of carbonyl (C=O) groups excluding carboxylic acids is 1. The SMILES string of the molecule is COc1cccc(OCC(=O)NCC(c2ccsc2)N2CCN(C)CC2)c1. The topological polar surface area (TPSA) is 54.0 Å². The fourth-order valence-corrected chi connectivity index (χ4v) is 3.86. The minimum absolute atomic E-state index is 0.00768. The summed E-state index contributed by atoms with van der Waals surface area (Å²) in [6.45, 7) is 4.69. The first-order chi connectivity index (χ1) is 13.2. The number of likely N-dealkylation sites (N-methyl/N-ethyl adjacent to an activating group) is 1. The summed E-state index contributed by atoms with van der Waals surface area (Å²) in [6.07, 6.45) is 0. The van der Waals surface area contributed by atoms with Gasteiger partial charge in [0, 0.05) is 38.8 Å². The number of amides is 1. The molecule has 1 aromatic carbocycles. The van der Waals surface area contributed by atoms with E-state index in [0.29, 0.717) is 18.0 Å². The molecular formula is C20H27N3O3S. The molecule has 0 spiro atoms. The predicted octanol–water partition coefficient (Wildman–Crippen LogP) is 2.24. The maximum Gasteiger partial charge on any atom is 0.258 e. The summed E-state index contributed by atoms with van der Waals surface area (Å²) in [6, 6.07) is 9.61. The molecule has 7 heteroatoms. The monoisotopic (exact) mass is 389 g/mol. The average Bonchev–Trinajstić information content (AvgIpc) is 3.22. The van der Waals surface area contributed by atoms with Crippen molar-refractivity contribution in [2.45, 2.75) is 6.04 Å². The van der Waals surface area contributed by atoms with Gasteiger partial charge in [-0.1, -0.05) is 6.07 Å². The van der Waals surface area contributed by atoms with E-state index >= 15 is 0 Å². The first-order valence-corrected chi connectivity index (χ1v) is 10.1. The van der Waals surface area contributed by atoms with E-state index < -0.39 is 0 Å². The average molecular weight is 390 g/mol. The molecule has 0 aliphatic carbocycles. The van der Waals surface area contributed by atoms with Crippen molar-refractivity contribution in [3.8, 4) is 11.5 Å². The largest absolute Gasteiger partial charge is 0.497 e. The van der Waals surface area contributed by atoms with Crippen LogP contribution in [0.15, 0.2) is 41.1 Å². The van der Waals surface area contributed by atoms with Crippen molar-refractivity contribution in [3.63, 3.8) is 0 Å². The highest BCUT2D eigenvalue weighted by Crippen LogP contribution is 2.24. The molecule has 2 aromatic rings. The molecule has 146 valence electrons. The summed E-state index contributed by atoms with van der Waals surface area (Å²) >= 11 is 1.69. The van der Waals surface area contributed by atoms with Crippen LogP contribution in [0.2, 0.25) is 0 Å². The summed E-state index contributed by atoms with van der Waals surface area (Å²) in [5.74, 6) is 1.21. The first kappa shape index (κ1) is 19.7. The summed E-state index contributed by atoms with van der Waals surface area (Å²) in [4.78, 5) is 17.1. The molecule has 1 atom stereocenters. The van der Waals surface area contributed by atoms with Crippen LogP contribution in [0, 0.1) is 0 Å². The lowest BCUT2D eigenvalue weighted by Crippen LogP contribution is -2.48. The first-order valence-electron chi connectivity index (χ1n) is 9.14. The number of methoxy groups -OCH3 is 1. The molecule has 2 heterocycles. The number of hydrogen-bond donors (Lipinski definition) is 1. The van der Waals surface area contributed by atoms with Gasteiger partial charge in [-0.05, 0) is 41.6 Å². The Bertz CT molecular complexity index is 715. The lowest BCUT2D eigenvalue weighted by Gasteiger charge is -2.38. The molecular weight excluding hydrogens is 362 g/mol. The third-order valence-electron chi connectivity index (χ3n) is 4.81. The number of carbonyl (C=O) groups is 1. The zero-order valence-corrected chi connectivity index (χ0v) is 16.7. The number of rotatable bonds is 8. The molecule has 1 N–H and O–H groups in total. The van der Waals surface area contributed by atoms with Crippen LogP contribution in [0.1, 0.15) is 11.6 Å². The van der Waals surface area contributed by atoms with Crippen LogP contribution in [-0.4, -0.2) is 69.2 Å². The van der Waals surface area contributed by atoms with Gasteiger partial charge in [-0.2, -0.15) is 11.3 Å². The van der Waals surface area contributed by atoms with Crippen molar-refractivity contribution >= 4 is 17.2 Å². The van der Waals surface area contributed by atoms with Gasteiger partial charge < -0.3 is 19.7 Å². The number of thiophene rings is 1. The predicted molar refractivity (Wildman–Crippen MR) is 108 cm³/mol. The molecule has 0 radical (unpaired) electrons. The number of benzene rings is 1. The number of piperazine rings is 1. The Morgan fingerprint density at radius 2 is 2.00 bits per heavy atom. The second-order valence-electron chi connectivity index (χ2n) is 6.68. The minimum Gasteiger partial charge on any atom is -0.497 e. The maximum absolute atomic E-state index is 12.3. The number of nitrogens with zero attached hydrogens (tertiary/aromatic N) is 2. The van der Waals surface area contributed by atoms with Crippen LogP contribution in [0.3, 0.4) is 0 Å². The molecule has 0 saturated carbocycles. The Hall–Kier alpha value is -2.09. The van der Waals surface area contributed by atoms with Crippen molar-refractivity contribution in [1.82, 2.24) is 15.1 Å². The lowest BCUT2D eigenvalue weighted by atomic mass is 10.1. The molecule has 1 fully saturated rings. The number of ether oxygens (including phenoxy) is 2. The van der Waals surface area contributed by atoms with Crippen LogP contribution in [0.5, 0.6) is 11.5 Å². The van der Waals surface area contributed by atoms with Crippen LogP contribution in [-0.2, 0) is 4.79 Å². The third-order valence-corrected chi connectivity index (χ3v) is 5.51. The van der Waals surface area contributed by atoms with E-state index in [-0.39, 0.29) is 18.6 Å². The fraction of sp³-hybridized carbons (Fsp3) is 0.450. The summed E-state index contributed by atoms with van der Waals surface area (Å²) in [5, 5.41) is 7.29. The van der Waals surface area contributed by atoms with Crippen molar-refractivity contribution in [1.29, 1.82) is 0 Å². The quantitative estimate of drug-likeness (QED) is 0.750. The summed E-state index contributed by atoms with van der Waals surface area (Å²) in [7, 11) is 3.75. The van der Waals surface area contributed by atoms with Crippen molar-refractivity contribution in [3.05, 3.63) is 46.7 Å². The van der Waals surface area contributed by atoms with E-state index in [1.807, 2.05) is 18.2 Å². The molecule has 1 aromatic heterocycles. The lowest BCUT2D eigenvalue weighted by molar-refractivity contribution is -0.123. The second kappa shape index (κ2) is 9.73. The maximum atomic E-state index is 12.3. The molecule has 27 heavy (non-hydrogen) atoms. The van der Waals surface area contributed by atoms with E-state index in [0.717, 1.165) is 26.2 Å². The van der Waals surface area contributed by atoms with Crippen LogP contribution in [0.25, 0.3) is 0 Å². The standard InChI is InChI=1S/C20H27N3O3S/c1-22-7-9-23(10-8-22)19(16-6-11-27-15-16)13-21-20(24)14-26-18-5-3-4-17(12-18)25-2/h3-6,11-12,15,19H,7-10,13-14H2,1-2H3,(H,21,24).